The number of hydrogen-bond acceptors (Lipinski definition) is 3. The Bertz CT molecular complexity index is 908. The van der Waals surface area contributed by atoms with E-state index in [9.17, 15) is 9.18 Å². The van der Waals surface area contributed by atoms with Gasteiger partial charge in [0.1, 0.15) is 5.82 Å². The van der Waals surface area contributed by atoms with Crippen molar-refractivity contribution >= 4 is 23.2 Å². The normalized spacial score (nSPS) is 16.3. The van der Waals surface area contributed by atoms with Crippen LogP contribution in [-0.4, -0.2) is 29.2 Å². The van der Waals surface area contributed by atoms with Crippen molar-refractivity contribution in [3.8, 4) is 0 Å². The van der Waals surface area contributed by atoms with Gasteiger partial charge in [-0.25, -0.2) is 4.39 Å². The van der Waals surface area contributed by atoms with E-state index in [0.717, 1.165) is 5.56 Å². The molecule has 0 saturated carbocycles. The van der Waals surface area contributed by atoms with Gasteiger partial charge >= 0.3 is 0 Å². The molecule has 0 fully saturated rings. The summed E-state index contributed by atoms with van der Waals surface area (Å²) in [6.07, 6.45) is 0.659. The number of amides is 1. The van der Waals surface area contributed by atoms with Crippen LogP contribution in [0.1, 0.15) is 44.7 Å². The molecule has 0 spiro atoms. The number of oxime groups is 1. The van der Waals surface area contributed by atoms with Crippen molar-refractivity contribution in [2.24, 2.45) is 10.6 Å². The van der Waals surface area contributed by atoms with Crippen LogP contribution in [0.25, 0.3) is 0 Å². The van der Waals surface area contributed by atoms with Crippen LogP contribution < -0.4 is 0 Å². The molecule has 1 amide bonds. The van der Waals surface area contributed by atoms with Crippen molar-refractivity contribution in [2.75, 3.05) is 6.54 Å². The van der Waals surface area contributed by atoms with Gasteiger partial charge in [-0.1, -0.05) is 67.9 Å². The Morgan fingerprint density at radius 1 is 1.24 bits per heavy atom. The van der Waals surface area contributed by atoms with E-state index in [4.69, 9.17) is 16.4 Å². The highest BCUT2D eigenvalue weighted by Crippen LogP contribution is 2.25. The molecule has 3 rings (SSSR count). The van der Waals surface area contributed by atoms with Crippen molar-refractivity contribution in [3.63, 3.8) is 0 Å². The molecule has 1 atom stereocenters. The van der Waals surface area contributed by atoms with E-state index in [1.165, 1.54) is 12.1 Å². The Labute approximate surface area is 176 Å². The van der Waals surface area contributed by atoms with Gasteiger partial charge in [0.25, 0.3) is 0 Å². The molecule has 2 aromatic rings. The third-order valence-electron chi connectivity index (χ3n) is 4.67. The van der Waals surface area contributed by atoms with Crippen LogP contribution in [0, 0.1) is 11.2 Å². The first-order chi connectivity index (χ1) is 13.7. The molecule has 4 nitrogen and oxygen atoms in total. The lowest BCUT2D eigenvalue weighted by Gasteiger charge is -2.28. The highest BCUT2D eigenvalue weighted by atomic mass is 35.5. The fourth-order valence-corrected chi connectivity index (χ4v) is 3.46. The minimum Gasteiger partial charge on any atom is -0.390 e. The minimum atomic E-state index is -0.311. The zero-order valence-corrected chi connectivity index (χ0v) is 17.7. The third kappa shape index (κ3) is 6.04. The van der Waals surface area contributed by atoms with Gasteiger partial charge in [-0.05, 0) is 29.2 Å². The van der Waals surface area contributed by atoms with Crippen molar-refractivity contribution < 1.29 is 14.0 Å². The van der Waals surface area contributed by atoms with E-state index in [2.05, 4.69) is 5.16 Å². The number of carbonyl (C=O) groups excluding carboxylic acids is 1. The molecule has 6 heteroatoms. The predicted molar refractivity (Wildman–Crippen MR) is 113 cm³/mol. The maximum absolute atomic E-state index is 13.5. The molecule has 2 aromatic carbocycles. The summed E-state index contributed by atoms with van der Waals surface area (Å²) in [6, 6.07) is 13.8. The first kappa shape index (κ1) is 21.3. The van der Waals surface area contributed by atoms with E-state index in [-0.39, 0.29) is 23.2 Å². The molecule has 0 N–H and O–H groups in total. The molecule has 29 heavy (non-hydrogen) atoms. The number of nitrogens with zero attached hydrogens (tertiary/aromatic N) is 2. The maximum Gasteiger partial charge on any atom is 0.223 e. The van der Waals surface area contributed by atoms with E-state index in [1.807, 2.05) is 45.0 Å². The zero-order valence-electron chi connectivity index (χ0n) is 17.0. The summed E-state index contributed by atoms with van der Waals surface area (Å²) < 4.78 is 13.5. The molecule has 0 saturated heterocycles. The van der Waals surface area contributed by atoms with E-state index in [1.54, 1.807) is 17.0 Å². The summed E-state index contributed by atoms with van der Waals surface area (Å²) in [5.41, 5.74) is 2.15. The van der Waals surface area contributed by atoms with E-state index in [0.29, 0.717) is 42.2 Å². The van der Waals surface area contributed by atoms with Crippen LogP contribution in [0.15, 0.2) is 53.7 Å². The van der Waals surface area contributed by atoms with Gasteiger partial charge in [0.2, 0.25) is 5.91 Å². The van der Waals surface area contributed by atoms with E-state index >= 15 is 0 Å². The summed E-state index contributed by atoms with van der Waals surface area (Å²) in [5, 5.41) is 4.76. The molecule has 1 aliphatic rings. The SMILES string of the molecule is CC(C)(C)CC(=O)N(Cc1ccccc1Cl)CC1CC(c2cccc(F)c2)=NO1. The minimum absolute atomic E-state index is 0.0419. The summed E-state index contributed by atoms with van der Waals surface area (Å²) in [7, 11) is 0. The van der Waals surface area contributed by atoms with Crippen molar-refractivity contribution in [3.05, 3.63) is 70.5 Å². The van der Waals surface area contributed by atoms with Gasteiger partial charge < -0.3 is 9.74 Å². The standard InChI is InChI=1S/C23H26ClFN2O2/c1-23(2,3)13-22(28)27(14-17-7-4-5-10-20(17)24)15-19-12-21(26-29-19)16-8-6-9-18(25)11-16/h4-11,19H,12-15H2,1-3H3. The molecule has 1 heterocycles. The molecule has 0 radical (unpaired) electrons. The van der Waals surface area contributed by atoms with Gasteiger partial charge in [-0.15, -0.1) is 0 Å². The largest absolute Gasteiger partial charge is 0.390 e. The fourth-order valence-electron chi connectivity index (χ4n) is 3.26. The van der Waals surface area contributed by atoms with Crippen LogP contribution in [0.2, 0.25) is 5.02 Å². The maximum atomic E-state index is 13.5. The molecule has 0 aromatic heterocycles. The number of benzene rings is 2. The Morgan fingerprint density at radius 2 is 2.00 bits per heavy atom. The Hall–Kier alpha value is -2.40. The molecule has 154 valence electrons. The molecule has 0 bridgehead atoms. The van der Waals surface area contributed by atoms with E-state index < -0.39 is 0 Å². The first-order valence-corrected chi connectivity index (χ1v) is 10.1. The zero-order chi connectivity index (χ0) is 21.0. The monoisotopic (exact) mass is 416 g/mol. The Balaban J connectivity index is 1.72. The van der Waals surface area contributed by atoms with Gasteiger partial charge in [0.15, 0.2) is 6.10 Å². The molecule has 0 aliphatic carbocycles. The summed E-state index contributed by atoms with van der Waals surface area (Å²) in [4.78, 5) is 20.4. The highest BCUT2D eigenvalue weighted by Gasteiger charge is 2.29. The topological polar surface area (TPSA) is 41.9 Å². The van der Waals surface area contributed by atoms with Gasteiger partial charge in [0, 0.05) is 30.0 Å². The van der Waals surface area contributed by atoms with Crippen LogP contribution >= 0.6 is 11.6 Å². The molecular formula is C23H26ClFN2O2. The Morgan fingerprint density at radius 3 is 2.69 bits per heavy atom. The fraction of sp³-hybridized carbons (Fsp3) is 0.391. The van der Waals surface area contributed by atoms with Crippen LogP contribution in [0.4, 0.5) is 4.39 Å². The lowest BCUT2D eigenvalue weighted by atomic mass is 9.91. The number of halogens is 2. The van der Waals surface area contributed by atoms with Gasteiger partial charge in [0.05, 0.1) is 12.3 Å². The highest BCUT2D eigenvalue weighted by molar-refractivity contribution is 6.31. The van der Waals surface area contributed by atoms with Crippen molar-refractivity contribution in [1.82, 2.24) is 4.90 Å². The van der Waals surface area contributed by atoms with Gasteiger partial charge in [-0.2, -0.15) is 0 Å². The van der Waals surface area contributed by atoms with Crippen LogP contribution in [0.5, 0.6) is 0 Å². The summed E-state index contributed by atoms with van der Waals surface area (Å²) >= 11 is 6.31. The smallest absolute Gasteiger partial charge is 0.223 e. The average molecular weight is 417 g/mol. The Kier molecular flexibility index (Phi) is 6.58. The second-order valence-corrected chi connectivity index (χ2v) is 8.99. The number of rotatable bonds is 6. The van der Waals surface area contributed by atoms with Crippen LogP contribution in [0.3, 0.4) is 0 Å². The quantitative estimate of drug-likeness (QED) is 0.629. The lowest BCUT2D eigenvalue weighted by Crippen LogP contribution is -2.38. The van der Waals surface area contributed by atoms with Gasteiger partial charge in [-0.3, -0.25) is 4.79 Å². The molecular weight excluding hydrogens is 391 g/mol. The summed E-state index contributed by atoms with van der Waals surface area (Å²) in [6.45, 7) is 6.91. The summed E-state index contributed by atoms with van der Waals surface area (Å²) in [5.74, 6) is -0.269. The third-order valence-corrected chi connectivity index (χ3v) is 5.04. The lowest BCUT2D eigenvalue weighted by molar-refractivity contribution is -0.135. The van der Waals surface area contributed by atoms with Crippen LogP contribution in [-0.2, 0) is 16.2 Å². The average Bonchev–Trinajstić information content (AvgIpc) is 3.10. The predicted octanol–water partition coefficient (Wildman–Crippen LogP) is 5.44. The second kappa shape index (κ2) is 8.95. The number of hydrogen-bond donors (Lipinski definition) is 0. The second-order valence-electron chi connectivity index (χ2n) is 8.58. The molecule has 1 aliphatic heterocycles. The molecule has 1 unspecified atom stereocenters. The van der Waals surface area contributed by atoms with Crippen molar-refractivity contribution in [2.45, 2.75) is 46.3 Å². The van der Waals surface area contributed by atoms with Crippen molar-refractivity contribution in [1.29, 1.82) is 0 Å². The number of carbonyl (C=O) groups is 1. The first-order valence-electron chi connectivity index (χ1n) is 9.71.